The van der Waals surface area contributed by atoms with E-state index in [2.05, 4.69) is 6.92 Å². The summed E-state index contributed by atoms with van der Waals surface area (Å²) in [7, 11) is 0. The van der Waals surface area contributed by atoms with Gasteiger partial charge >= 0.3 is 0 Å². The summed E-state index contributed by atoms with van der Waals surface area (Å²) in [5.74, 6) is 1.21. The Bertz CT molecular complexity index is 711. The fourth-order valence-corrected chi connectivity index (χ4v) is 4.44. The average Bonchev–Trinajstić information content (AvgIpc) is 3.45. The van der Waals surface area contributed by atoms with Gasteiger partial charge in [-0.25, -0.2) is 0 Å². The molecule has 1 N–H and O–H groups in total. The van der Waals surface area contributed by atoms with Crippen LogP contribution in [0.1, 0.15) is 37.3 Å². The van der Waals surface area contributed by atoms with E-state index in [1.807, 2.05) is 65.6 Å². The van der Waals surface area contributed by atoms with E-state index in [0.717, 1.165) is 43.5 Å². The maximum absolute atomic E-state index is 12.5. The van der Waals surface area contributed by atoms with Crippen molar-refractivity contribution in [2.75, 3.05) is 13.1 Å². The summed E-state index contributed by atoms with van der Waals surface area (Å²) in [4.78, 5) is 14.5. The van der Waals surface area contributed by atoms with Gasteiger partial charge in [0.05, 0.1) is 0 Å². The Kier molecular flexibility index (Phi) is 4.58. The monoisotopic (exact) mass is 349 g/mol. The first kappa shape index (κ1) is 17.3. The molecular weight excluding hydrogens is 322 g/mol. The molecule has 1 amide bonds. The van der Waals surface area contributed by atoms with Crippen LogP contribution in [0.4, 0.5) is 0 Å². The van der Waals surface area contributed by atoms with E-state index in [0.29, 0.717) is 11.8 Å². The van der Waals surface area contributed by atoms with Crippen LogP contribution in [-0.4, -0.2) is 29.0 Å². The summed E-state index contributed by atoms with van der Waals surface area (Å²) in [5.41, 5.74) is 0.864. The molecule has 1 heterocycles. The van der Waals surface area contributed by atoms with Crippen molar-refractivity contribution in [2.24, 2.45) is 17.8 Å². The van der Waals surface area contributed by atoms with E-state index in [1.54, 1.807) is 0 Å². The van der Waals surface area contributed by atoms with Crippen LogP contribution in [0.3, 0.4) is 0 Å². The maximum Gasteiger partial charge on any atom is 0.225 e. The largest absolute Gasteiger partial charge is 0.380 e. The molecule has 3 nitrogen and oxygen atoms in total. The lowest BCUT2D eigenvalue weighted by atomic mass is 9.72. The van der Waals surface area contributed by atoms with Crippen molar-refractivity contribution in [3.63, 3.8) is 0 Å². The molecule has 0 aromatic heterocycles. The second kappa shape index (κ2) is 6.88. The molecule has 0 spiro atoms. The van der Waals surface area contributed by atoms with Gasteiger partial charge in [0, 0.05) is 19.0 Å². The van der Waals surface area contributed by atoms with Crippen LogP contribution in [0, 0.1) is 17.8 Å². The molecule has 0 unspecified atom stereocenters. The fourth-order valence-electron chi connectivity index (χ4n) is 4.44. The van der Waals surface area contributed by atoms with E-state index in [-0.39, 0.29) is 11.8 Å². The van der Waals surface area contributed by atoms with Gasteiger partial charge in [-0.05, 0) is 42.2 Å². The third kappa shape index (κ3) is 3.05. The van der Waals surface area contributed by atoms with E-state index >= 15 is 0 Å². The number of carbonyl (C=O) groups excluding carboxylic acids is 1. The van der Waals surface area contributed by atoms with Crippen molar-refractivity contribution in [1.29, 1.82) is 0 Å². The Morgan fingerprint density at radius 3 is 1.85 bits per heavy atom. The Morgan fingerprint density at radius 2 is 1.42 bits per heavy atom. The number of hydrogen-bond acceptors (Lipinski definition) is 2. The zero-order valence-electron chi connectivity index (χ0n) is 15.3. The van der Waals surface area contributed by atoms with Crippen molar-refractivity contribution in [1.82, 2.24) is 4.90 Å². The highest BCUT2D eigenvalue weighted by Crippen LogP contribution is 2.44. The molecule has 2 aromatic carbocycles. The van der Waals surface area contributed by atoms with Crippen LogP contribution in [0.15, 0.2) is 60.7 Å². The highest BCUT2D eigenvalue weighted by atomic mass is 16.3. The Hall–Kier alpha value is -2.13. The number of likely N-dealkylation sites (tertiary alicyclic amines) is 1. The lowest BCUT2D eigenvalue weighted by Gasteiger charge is -2.42. The van der Waals surface area contributed by atoms with E-state index < -0.39 is 5.60 Å². The molecule has 0 radical (unpaired) electrons. The maximum atomic E-state index is 12.5. The smallest absolute Gasteiger partial charge is 0.225 e. The molecule has 2 fully saturated rings. The lowest BCUT2D eigenvalue weighted by molar-refractivity contribution is -0.135. The van der Waals surface area contributed by atoms with Gasteiger partial charge in [0.2, 0.25) is 5.91 Å². The lowest BCUT2D eigenvalue weighted by Crippen LogP contribution is -2.46. The minimum Gasteiger partial charge on any atom is -0.380 e. The first-order valence-electron chi connectivity index (χ1n) is 9.73. The number of nitrogens with zero attached hydrogens (tertiary/aromatic N) is 1. The van der Waals surface area contributed by atoms with Crippen LogP contribution in [0.25, 0.3) is 0 Å². The zero-order valence-corrected chi connectivity index (χ0v) is 15.3. The second-order valence-electron chi connectivity index (χ2n) is 7.92. The van der Waals surface area contributed by atoms with Crippen LogP contribution in [0.5, 0.6) is 0 Å². The minimum atomic E-state index is -1.01. The number of carbonyl (C=O) groups is 1. The van der Waals surface area contributed by atoms with Crippen LogP contribution in [-0.2, 0) is 10.4 Å². The quantitative estimate of drug-likeness (QED) is 0.912. The summed E-state index contributed by atoms with van der Waals surface area (Å²) in [6.07, 6.45) is 2.69. The van der Waals surface area contributed by atoms with Gasteiger partial charge < -0.3 is 10.0 Å². The number of hydrogen-bond donors (Lipinski definition) is 1. The van der Waals surface area contributed by atoms with Crippen LogP contribution in [0.2, 0.25) is 0 Å². The first-order valence-corrected chi connectivity index (χ1v) is 9.73. The summed E-state index contributed by atoms with van der Waals surface area (Å²) in [6, 6.07) is 19.9. The average molecular weight is 349 g/mol. The standard InChI is InChI=1S/C23H27NO2/c1-17-16-21(17)22(25)24-14-12-20(13-15-24)23(26,18-8-4-2-5-9-18)19-10-6-3-7-11-19/h2-11,17,20-21,26H,12-16H2,1H3/t17-,21-/m1/s1. The molecule has 26 heavy (non-hydrogen) atoms. The van der Waals surface area contributed by atoms with E-state index in [1.165, 1.54) is 0 Å². The predicted molar refractivity (Wildman–Crippen MR) is 102 cm³/mol. The minimum absolute atomic E-state index is 0.105. The summed E-state index contributed by atoms with van der Waals surface area (Å²) < 4.78 is 0. The van der Waals surface area contributed by atoms with Gasteiger partial charge in [0.15, 0.2) is 0 Å². The van der Waals surface area contributed by atoms with Crippen LogP contribution >= 0.6 is 0 Å². The Labute approximate surface area is 155 Å². The first-order chi connectivity index (χ1) is 12.6. The van der Waals surface area contributed by atoms with Gasteiger partial charge in [-0.3, -0.25) is 4.79 Å². The number of rotatable bonds is 4. The van der Waals surface area contributed by atoms with Gasteiger partial charge in [0.25, 0.3) is 0 Å². The fraction of sp³-hybridized carbons (Fsp3) is 0.435. The molecule has 136 valence electrons. The van der Waals surface area contributed by atoms with Crippen molar-refractivity contribution in [3.8, 4) is 0 Å². The topological polar surface area (TPSA) is 40.5 Å². The molecule has 2 aromatic rings. The third-order valence-corrected chi connectivity index (χ3v) is 6.25. The van der Waals surface area contributed by atoms with Crippen molar-refractivity contribution in [3.05, 3.63) is 71.8 Å². The summed E-state index contributed by atoms with van der Waals surface area (Å²) in [5, 5.41) is 11.9. The number of benzene rings is 2. The van der Waals surface area contributed by atoms with Gasteiger partial charge in [0.1, 0.15) is 5.60 Å². The van der Waals surface area contributed by atoms with E-state index in [4.69, 9.17) is 0 Å². The number of piperidine rings is 1. The van der Waals surface area contributed by atoms with Crippen molar-refractivity contribution < 1.29 is 9.90 Å². The number of amides is 1. The normalized spacial score (nSPS) is 23.7. The molecule has 1 saturated carbocycles. The number of aliphatic hydroxyl groups is 1. The zero-order chi connectivity index (χ0) is 18.1. The molecule has 0 bridgehead atoms. The molecule has 1 saturated heterocycles. The SMILES string of the molecule is C[C@@H]1C[C@H]1C(=O)N1CCC(C(O)(c2ccccc2)c2ccccc2)CC1. The van der Waals surface area contributed by atoms with Gasteiger partial charge in [-0.2, -0.15) is 0 Å². The highest BCUT2D eigenvalue weighted by molar-refractivity contribution is 5.81. The molecule has 1 aliphatic carbocycles. The summed E-state index contributed by atoms with van der Waals surface area (Å²) >= 11 is 0. The second-order valence-corrected chi connectivity index (χ2v) is 7.92. The highest BCUT2D eigenvalue weighted by Gasteiger charge is 2.45. The molecule has 1 aliphatic heterocycles. The van der Waals surface area contributed by atoms with Crippen molar-refractivity contribution in [2.45, 2.75) is 31.8 Å². The Balaban J connectivity index is 1.57. The molecule has 4 rings (SSSR count). The summed E-state index contributed by atoms with van der Waals surface area (Å²) in [6.45, 7) is 3.64. The predicted octanol–water partition coefficient (Wildman–Crippen LogP) is 3.82. The van der Waals surface area contributed by atoms with Gasteiger partial charge in [-0.1, -0.05) is 67.6 Å². The molecule has 2 aliphatic rings. The third-order valence-electron chi connectivity index (χ3n) is 6.25. The molecule has 2 atom stereocenters. The Morgan fingerprint density at radius 1 is 0.962 bits per heavy atom. The van der Waals surface area contributed by atoms with Crippen LogP contribution < -0.4 is 0 Å². The van der Waals surface area contributed by atoms with Gasteiger partial charge in [-0.15, -0.1) is 0 Å². The molecule has 3 heteroatoms. The molecular formula is C23H27NO2. The van der Waals surface area contributed by atoms with E-state index in [9.17, 15) is 9.90 Å². The van der Waals surface area contributed by atoms with Crippen molar-refractivity contribution >= 4 is 5.91 Å².